The number of aliphatic hydroxyl groups excluding tert-OH is 1. The maximum absolute atomic E-state index is 9.39. The van der Waals surface area contributed by atoms with Gasteiger partial charge in [-0.05, 0) is 19.8 Å². The fraction of sp³-hybridized carbons (Fsp3) is 0.864. The molecule has 0 bridgehead atoms. The summed E-state index contributed by atoms with van der Waals surface area (Å²) in [7, 11) is 0. The van der Waals surface area contributed by atoms with Gasteiger partial charge in [-0.1, -0.05) is 84.0 Å². The number of rotatable bonds is 17. The molecule has 1 rings (SSSR count). The Morgan fingerprint density at radius 1 is 0.800 bits per heavy atom. The van der Waals surface area contributed by atoms with E-state index in [2.05, 4.69) is 34.8 Å². The van der Waals surface area contributed by atoms with Crippen molar-refractivity contribution < 1.29 is 9.67 Å². The quantitative estimate of drug-likeness (QED) is 0.286. The van der Waals surface area contributed by atoms with Gasteiger partial charge >= 0.3 is 0 Å². The molecule has 1 unspecified atom stereocenters. The SMILES string of the molecule is CCCCCCCCCCCCCCCCn1cc[n+](CC(C)O)c1. The topological polar surface area (TPSA) is 29.0 Å². The Morgan fingerprint density at radius 2 is 1.28 bits per heavy atom. The summed E-state index contributed by atoms with van der Waals surface area (Å²) in [6.45, 7) is 5.91. The van der Waals surface area contributed by atoms with Crippen molar-refractivity contribution in [2.24, 2.45) is 0 Å². The van der Waals surface area contributed by atoms with Crippen LogP contribution in [0.15, 0.2) is 18.7 Å². The summed E-state index contributed by atoms with van der Waals surface area (Å²) in [5.74, 6) is 0. The van der Waals surface area contributed by atoms with Crippen LogP contribution in [0, 0.1) is 0 Å². The second-order valence-corrected chi connectivity index (χ2v) is 7.79. The monoisotopic (exact) mass is 351 g/mol. The fourth-order valence-corrected chi connectivity index (χ4v) is 3.47. The first-order chi connectivity index (χ1) is 12.2. The van der Waals surface area contributed by atoms with Crippen LogP contribution in [-0.4, -0.2) is 15.8 Å². The lowest BCUT2D eigenvalue weighted by molar-refractivity contribution is -0.702. The first kappa shape index (κ1) is 22.2. The molecule has 25 heavy (non-hydrogen) atoms. The molecule has 146 valence electrons. The lowest BCUT2D eigenvalue weighted by Gasteiger charge is -2.03. The number of unbranched alkanes of at least 4 members (excludes halogenated alkanes) is 13. The third-order valence-corrected chi connectivity index (χ3v) is 4.99. The average molecular weight is 352 g/mol. The zero-order valence-electron chi connectivity index (χ0n) is 17.0. The molecule has 0 saturated heterocycles. The van der Waals surface area contributed by atoms with Gasteiger partial charge in [0.15, 0.2) is 0 Å². The van der Waals surface area contributed by atoms with Crippen molar-refractivity contribution in [3.8, 4) is 0 Å². The minimum Gasteiger partial charge on any atom is -0.389 e. The standard InChI is InChI=1S/C22H43N2O/c1-3-4-5-6-7-8-9-10-11-12-13-14-15-16-17-23-18-19-24(21-23)20-22(2)25/h18-19,21-22,25H,3-17,20H2,1-2H3/q+1. The van der Waals surface area contributed by atoms with Crippen LogP contribution in [0.1, 0.15) is 104 Å². The number of hydrogen-bond acceptors (Lipinski definition) is 1. The van der Waals surface area contributed by atoms with Crippen LogP contribution < -0.4 is 4.57 Å². The van der Waals surface area contributed by atoms with Gasteiger partial charge in [0.1, 0.15) is 18.9 Å². The van der Waals surface area contributed by atoms with Crippen molar-refractivity contribution in [1.82, 2.24) is 4.57 Å². The van der Waals surface area contributed by atoms with E-state index in [1.54, 1.807) is 0 Å². The molecule has 0 radical (unpaired) electrons. The molecule has 0 saturated carbocycles. The van der Waals surface area contributed by atoms with Crippen molar-refractivity contribution in [2.75, 3.05) is 0 Å². The maximum Gasteiger partial charge on any atom is 0.243 e. The second kappa shape index (κ2) is 15.4. The predicted molar refractivity (Wildman–Crippen MR) is 107 cm³/mol. The van der Waals surface area contributed by atoms with E-state index in [4.69, 9.17) is 0 Å². The number of imidazole rings is 1. The molecule has 0 aliphatic rings. The second-order valence-electron chi connectivity index (χ2n) is 7.79. The van der Waals surface area contributed by atoms with Gasteiger partial charge in [0, 0.05) is 0 Å². The van der Waals surface area contributed by atoms with Crippen molar-refractivity contribution in [1.29, 1.82) is 0 Å². The molecular formula is C22H43N2O+. The Bertz CT molecular complexity index is 400. The molecule has 0 fully saturated rings. The number of aromatic nitrogens is 2. The lowest BCUT2D eigenvalue weighted by Crippen LogP contribution is -2.36. The van der Waals surface area contributed by atoms with E-state index >= 15 is 0 Å². The highest BCUT2D eigenvalue weighted by Crippen LogP contribution is 2.13. The molecule has 3 heteroatoms. The van der Waals surface area contributed by atoms with E-state index in [1.165, 1.54) is 89.9 Å². The molecule has 1 N–H and O–H groups in total. The lowest BCUT2D eigenvalue weighted by atomic mass is 10.0. The van der Waals surface area contributed by atoms with E-state index in [9.17, 15) is 5.11 Å². The largest absolute Gasteiger partial charge is 0.389 e. The highest BCUT2D eigenvalue weighted by molar-refractivity contribution is 4.66. The molecule has 0 aliphatic heterocycles. The van der Waals surface area contributed by atoms with Gasteiger partial charge in [0.25, 0.3) is 0 Å². The normalized spacial score (nSPS) is 12.6. The van der Waals surface area contributed by atoms with E-state index < -0.39 is 0 Å². The molecule has 1 aromatic rings. The van der Waals surface area contributed by atoms with Crippen LogP contribution in [0.2, 0.25) is 0 Å². The summed E-state index contributed by atoms with van der Waals surface area (Å²) in [5.41, 5.74) is 0. The summed E-state index contributed by atoms with van der Waals surface area (Å²) in [4.78, 5) is 0. The molecule has 0 aliphatic carbocycles. The summed E-state index contributed by atoms with van der Waals surface area (Å²) in [6.07, 6.45) is 25.7. The van der Waals surface area contributed by atoms with Gasteiger partial charge in [-0.15, -0.1) is 0 Å². The van der Waals surface area contributed by atoms with Crippen molar-refractivity contribution in [3.63, 3.8) is 0 Å². The third-order valence-electron chi connectivity index (χ3n) is 4.99. The van der Waals surface area contributed by atoms with Crippen LogP contribution in [0.3, 0.4) is 0 Å². The minimum absolute atomic E-state index is 0.276. The number of hydrogen-bond donors (Lipinski definition) is 1. The summed E-state index contributed by atoms with van der Waals surface area (Å²) >= 11 is 0. The molecule has 1 atom stereocenters. The van der Waals surface area contributed by atoms with E-state index in [0.717, 1.165) is 6.54 Å². The van der Waals surface area contributed by atoms with Crippen molar-refractivity contribution in [3.05, 3.63) is 18.7 Å². The average Bonchev–Trinajstić information content (AvgIpc) is 3.01. The van der Waals surface area contributed by atoms with Gasteiger partial charge in [-0.25, -0.2) is 9.13 Å². The van der Waals surface area contributed by atoms with Crippen molar-refractivity contribution >= 4 is 0 Å². The smallest absolute Gasteiger partial charge is 0.243 e. The Morgan fingerprint density at radius 3 is 1.76 bits per heavy atom. The molecule has 1 aromatic heterocycles. The van der Waals surface area contributed by atoms with E-state index in [0.29, 0.717) is 6.54 Å². The van der Waals surface area contributed by atoms with Gasteiger partial charge in [0.2, 0.25) is 6.33 Å². The van der Waals surface area contributed by atoms with Crippen molar-refractivity contribution in [2.45, 2.75) is 123 Å². The van der Waals surface area contributed by atoms with Crippen LogP contribution in [0.4, 0.5) is 0 Å². The Balaban J connectivity index is 1.82. The van der Waals surface area contributed by atoms with Gasteiger partial charge in [0.05, 0.1) is 12.6 Å². The number of aryl methyl sites for hydroxylation is 1. The number of aliphatic hydroxyl groups is 1. The van der Waals surface area contributed by atoms with Crippen LogP contribution in [-0.2, 0) is 13.1 Å². The summed E-state index contributed by atoms with van der Waals surface area (Å²) < 4.78 is 4.30. The molecule has 0 aromatic carbocycles. The van der Waals surface area contributed by atoms with E-state index in [-0.39, 0.29) is 6.10 Å². The van der Waals surface area contributed by atoms with Gasteiger partial charge < -0.3 is 5.11 Å². The van der Waals surface area contributed by atoms with Crippen LogP contribution in [0.5, 0.6) is 0 Å². The van der Waals surface area contributed by atoms with Crippen LogP contribution in [0.25, 0.3) is 0 Å². The zero-order chi connectivity index (χ0) is 18.2. The first-order valence-electron chi connectivity index (χ1n) is 10.9. The highest BCUT2D eigenvalue weighted by atomic mass is 16.3. The minimum atomic E-state index is -0.276. The highest BCUT2D eigenvalue weighted by Gasteiger charge is 2.05. The van der Waals surface area contributed by atoms with Gasteiger partial charge in [-0.3, -0.25) is 0 Å². The fourth-order valence-electron chi connectivity index (χ4n) is 3.47. The van der Waals surface area contributed by atoms with Crippen LogP contribution >= 0.6 is 0 Å². The number of nitrogens with zero attached hydrogens (tertiary/aromatic N) is 2. The summed E-state index contributed by atoms with van der Waals surface area (Å²) in [5, 5.41) is 9.39. The third kappa shape index (κ3) is 13.1. The summed E-state index contributed by atoms with van der Waals surface area (Å²) in [6, 6.07) is 0. The Hall–Kier alpha value is -0.830. The Kier molecular flexibility index (Phi) is 13.7. The molecule has 0 amide bonds. The Labute approximate surface area is 156 Å². The molecule has 1 heterocycles. The van der Waals surface area contributed by atoms with E-state index in [1.807, 2.05) is 6.92 Å². The molecule has 3 nitrogen and oxygen atoms in total. The molecular weight excluding hydrogens is 308 g/mol. The molecule has 0 spiro atoms. The maximum atomic E-state index is 9.39. The predicted octanol–water partition coefficient (Wildman–Crippen LogP) is 5.64. The zero-order valence-corrected chi connectivity index (χ0v) is 17.0. The van der Waals surface area contributed by atoms with Gasteiger partial charge in [-0.2, -0.15) is 0 Å². The first-order valence-corrected chi connectivity index (χ1v) is 10.9.